The summed E-state index contributed by atoms with van der Waals surface area (Å²) in [6, 6.07) is 6.30. The van der Waals surface area contributed by atoms with Gasteiger partial charge < -0.3 is 4.57 Å². The number of rotatable bonds is 0. The largest absolute Gasteiger partial charge is 0.350 e. The first-order valence-electron chi connectivity index (χ1n) is 6.57. The van der Waals surface area contributed by atoms with Crippen LogP contribution in [0.3, 0.4) is 0 Å². The van der Waals surface area contributed by atoms with Gasteiger partial charge in [-0.1, -0.05) is 18.2 Å². The summed E-state index contributed by atoms with van der Waals surface area (Å²) in [5.74, 6) is 0.551. The lowest BCUT2D eigenvalue weighted by Crippen LogP contribution is -2.19. The molecule has 0 amide bonds. The number of nitrogens with zero attached hydrogens (tertiary/aromatic N) is 1. The molecular formula is C16H15NO. The lowest BCUT2D eigenvalue weighted by atomic mass is 9.84. The third-order valence-electron chi connectivity index (χ3n) is 4.35. The zero-order valence-corrected chi connectivity index (χ0v) is 10.4. The number of benzene rings is 1. The van der Waals surface area contributed by atoms with E-state index in [1.807, 2.05) is 0 Å². The molecule has 0 N–H and O–H groups in total. The van der Waals surface area contributed by atoms with Crippen molar-refractivity contribution in [3.8, 4) is 0 Å². The fraction of sp³-hybridized carbons (Fsp3) is 0.312. The van der Waals surface area contributed by atoms with Gasteiger partial charge in [0.1, 0.15) is 0 Å². The second-order valence-corrected chi connectivity index (χ2v) is 5.43. The van der Waals surface area contributed by atoms with Gasteiger partial charge in [-0.15, -0.1) is 0 Å². The quantitative estimate of drug-likeness (QED) is 0.690. The van der Waals surface area contributed by atoms with Crippen LogP contribution in [0.5, 0.6) is 0 Å². The fourth-order valence-electron chi connectivity index (χ4n) is 3.50. The van der Waals surface area contributed by atoms with Gasteiger partial charge in [0.2, 0.25) is 0 Å². The summed E-state index contributed by atoms with van der Waals surface area (Å²) in [6.45, 7) is 0. The number of carbonyl (C=O) groups excluding carboxylic acids is 1. The second-order valence-electron chi connectivity index (χ2n) is 5.43. The van der Waals surface area contributed by atoms with Gasteiger partial charge in [0, 0.05) is 35.6 Å². The first-order valence-corrected chi connectivity index (χ1v) is 6.57. The van der Waals surface area contributed by atoms with Crippen LogP contribution < -0.4 is 0 Å². The molecule has 0 aliphatic heterocycles. The van der Waals surface area contributed by atoms with Gasteiger partial charge in [-0.05, 0) is 36.5 Å². The van der Waals surface area contributed by atoms with Crippen LogP contribution in [0.1, 0.15) is 24.0 Å². The summed E-state index contributed by atoms with van der Waals surface area (Å²) in [5, 5.41) is 1.30. The molecule has 0 unspecified atom stereocenters. The molecule has 2 nitrogen and oxygen atoms in total. The van der Waals surface area contributed by atoms with Crippen molar-refractivity contribution in [2.75, 3.05) is 0 Å². The number of aromatic nitrogens is 1. The van der Waals surface area contributed by atoms with Crippen molar-refractivity contribution in [3.63, 3.8) is 0 Å². The zero-order valence-electron chi connectivity index (χ0n) is 10.4. The van der Waals surface area contributed by atoms with E-state index >= 15 is 0 Å². The van der Waals surface area contributed by atoms with Gasteiger partial charge in [-0.25, -0.2) is 0 Å². The Bertz CT molecular complexity index is 705. The van der Waals surface area contributed by atoms with E-state index < -0.39 is 0 Å². The van der Waals surface area contributed by atoms with Crippen LogP contribution in [0.15, 0.2) is 30.5 Å². The molecule has 18 heavy (non-hydrogen) atoms. The molecule has 1 aromatic heterocycles. The molecule has 1 heterocycles. The minimum absolute atomic E-state index is 0.197. The number of carbonyl (C=O) groups is 1. The summed E-state index contributed by atoms with van der Waals surface area (Å²) >= 11 is 0. The minimum Gasteiger partial charge on any atom is -0.350 e. The molecule has 2 aromatic rings. The standard InChI is InChI=1S/C16H15NO/c1-17-9-11-8-10-4-2-6-13(16(10)18)12-5-3-7-14(17)15(11)12/h3,5-7,9-10H,2,4,8H2,1H3/t10-/m1/s1. The van der Waals surface area contributed by atoms with Gasteiger partial charge >= 0.3 is 0 Å². The number of aryl methyl sites for hydroxylation is 1. The van der Waals surface area contributed by atoms with Crippen LogP contribution >= 0.6 is 0 Å². The Hall–Kier alpha value is -1.83. The number of fused-ring (bicyclic) bond motifs is 3. The SMILES string of the molecule is Cn1cc2c3c(cccc31)C1=CCC[C@H](C2)C1=O. The lowest BCUT2D eigenvalue weighted by molar-refractivity contribution is -0.117. The summed E-state index contributed by atoms with van der Waals surface area (Å²) in [5.41, 5.74) is 4.69. The Kier molecular flexibility index (Phi) is 1.88. The summed E-state index contributed by atoms with van der Waals surface area (Å²) in [7, 11) is 2.09. The third-order valence-corrected chi connectivity index (χ3v) is 4.35. The molecule has 0 fully saturated rings. The molecule has 0 spiro atoms. The zero-order chi connectivity index (χ0) is 12.3. The highest BCUT2D eigenvalue weighted by Gasteiger charge is 2.31. The molecule has 2 heteroatoms. The van der Waals surface area contributed by atoms with Crippen LogP contribution in [0, 0.1) is 5.92 Å². The minimum atomic E-state index is 0.197. The topological polar surface area (TPSA) is 22.0 Å². The molecule has 90 valence electrons. The monoisotopic (exact) mass is 237 g/mol. The van der Waals surface area contributed by atoms with Crippen molar-refractivity contribution >= 4 is 22.3 Å². The molecule has 4 rings (SSSR count). The van der Waals surface area contributed by atoms with E-state index in [2.05, 4.69) is 42.1 Å². The lowest BCUT2D eigenvalue weighted by Gasteiger charge is -2.18. The maximum absolute atomic E-state index is 12.4. The number of hydrogen-bond donors (Lipinski definition) is 0. The molecule has 2 bridgehead atoms. The van der Waals surface area contributed by atoms with E-state index in [4.69, 9.17) is 0 Å². The van der Waals surface area contributed by atoms with Crippen LogP contribution in [-0.2, 0) is 18.3 Å². The first-order chi connectivity index (χ1) is 8.75. The van der Waals surface area contributed by atoms with Gasteiger partial charge in [0.25, 0.3) is 0 Å². The molecule has 1 aromatic carbocycles. The Morgan fingerprint density at radius 2 is 2.22 bits per heavy atom. The van der Waals surface area contributed by atoms with Gasteiger partial charge in [-0.3, -0.25) is 4.79 Å². The van der Waals surface area contributed by atoms with Gasteiger partial charge in [0.05, 0.1) is 0 Å². The molecule has 0 radical (unpaired) electrons. The Labute approximate surface area is 106 Å². The maximum atomic E-state index is 12.4. The highest BCUT2D eigenvalue weighted by Crippen LogP contribution is 2.39. The highest BCUT2D eigenvalue weighted by atomic mass is 16.1. The number of allylic oxidation sites excluding steroid dienone is 2. The summed E-state index contributed by atoms with van der Waals surface area (Å²) < 4.78 is 2.18. The Morgan fingerprint density at radius 3 is 3.11 bits per heavy atom. The number of Topliss-reactive ketones (excluding diaryl/α,β-unsaturated/α-hetero) is 1. The highest BCUT2D eigenvalue weighted by molar-refractivity contribution is 6.26. The second kappa shape index (κ2) is 3.35. The van der Waals surface area contributed by atoms with Crippen molar-refractivity contribution in [3.05, 3.63) is 41.6 Å². The Morgan fingerprint density at radius 1 is 1.33 bits per heavy atom. The maximum Gasteiger partial charge on any atom is 0.166 e. The normalized spacial score (nSPS) is 21.9. The molecule has 0 saturated carbocycles. The smallest absolute Gasteiger partial charge is 0.166 e. The van der Waals surface area contributed by atoms with E-state index in [1.165, 1.54) is 16.5 Å². The van der Waals surface area contributed by atoms with Crippen molar-refractivity contribution in [1.82, 2.24) is 4.57 Å². The van der Waals surface area contributed by atoms with Crippen LogP contribution in [0.25, 0.3) is 16.5 Å². The molecule has 0 saturated heterocycles. The van der Waals surface area contributed by atoms with E-state index in [0.29, 0.717) is 5.78 Å². The van der Waals surface area contributed by atoms with E-state index in [-0.39, 0.29) is 5.92 Å². The van der Waals surface area contributed by atoms with Crippen LogP contribution in [0.4, 0.5) is 0 Å². The third kappa shape index (κ3) is 1.15. The molecular weight excluding hydrogens is 222 g/mol. The number of hydrogen-bond acceptors (Lipinski definition) is 1. The van der Waals surface area contributed by atoms with Crippen molar-refractivity contribution in [2.24, 2.45) is 13.0 Å². The van der Waals surface area contributed by atoms with Gasteiger partial charge in [-0.2, -0.15) is 0 Å². The average Bonchev–Trinajstić information content (AvgIpc) is 2.68. The molecule has 1 atom stereocenters. The molecule has 2 aliphatic rings. The van der Waals surface area contributed by atoms with Crippen molar-refractivity contribution in [1.29, 1.82) is 0 Å². The van der Waals surface area contributed by atoms with Gasteiger partial charge in [0.15, 0.2) is 5.78 Å². The van der Waals surface area contributed by atoms with Crippen molar-refractivity contribution < 1.29 is 4.79 Å². The predicted octanol–water partition coefficient (Wildman–Crippen LogP) is 3.10. The Balaban J connectivity index is 2.15. The summed E-state index contributed by atoms with van der Waals surface area (Å²) in [4.78, 5) is 12.4. The first kappa shape index (κ1) is 10.1. The van der Waals surface area contributed by atoms with Crippen molar-refractivity contribution in [2.45, 2.75) is 19.3 Å². The van der Waals surface area contributed by atoms with E-state index in [1.54, 1.807) is 0 Å². The van der Waals surface area contributed by atoms with Crippen LogP contribution in [0.2, 0.25) is 0 Å². The average molecular weight is 237 g/mol. The summed E-state index contributed by atoms with van der Waals surface area (Å²) in [6.07, 6.45) is 7.29. The number of ketones is 1. The predicted molar refractivity (Wildman–Crippen MR) is 72.3 cm³/mol. The molecule has 2 aliphatic carbocycles. The fourth-order valence-corrected chi connectivity index (χ4v) is 3.50. The van der Waals surface area contributed by atoms with Crippen LogP contribution in [-0.4, -0.2) is 10.4 Å². The van der Waals surface area contributed by atoms with E-state index in [9.17, 15) is 4.79 Å². The van der Waals surface area contributed by atoms with E-state index in [0.717, 1.165) is 30.4 Å².